The molecule has 31 heavy (non-hydrogen) atoms. The van der Waals surface area contributed by atoms with E-state index in [-0.39, 0.29) is 17.1 Å². The molecule has 2 aromatic rings. The van der Waals surface area contributed by atoms with Crippen molar-refractivity contribution in [3.63, 3.8) is 0 Å². The van der Waals surface area contributed by atoms with E-state index in [2.05, 4.69) is 5.32 Å². The number of alkyl carbamates (subject to hydrolysis) is 1. The molecule has 0 bridgehead atoms. The Balaban J connectivity index is 2.07. The molecular weight excluding hydrogens is 422 g/mol. The third-order valence-electron chi connectivity index (χ3n) is 4.00. The van der Waals surface area contributed by atoms with Gasteiger partial charge in [0.1, 0.15) is 16.2 Å². The fourth-order valence-corrected chi connectivity index (χ4v) is 3.61. The van der Waals surface area contributed by atoms with Gasteiger partial charge in [-0.05, 0) is 57.0 Å². The number of rotatable bonds is 8. The molecule has 0 spiro atoms. The highest BCUT2D eigenvalue weighted by Crippen LogP contribution is 2.20. The molecule has 0 aromatic heterocycles. The van der Waals surface area contributed by atoms with Crippen LogP contribution >= 0.6 is 0 Å². The summed E-state index contributed by atoms with van der Waals surface area (Å²) in [5.74, 6) is -0.327. The molecule has 0 saturated carbocycles. The Morgan fingerprint density at radius 3 is 2.16 bits per heavy atom. The van der Waals surface area contributed by atoms with Crippen molar-refractivity contribution < 1.29 is 31.7 Å². The van der Waals surface area contributed by atoms with Gasteiger partial charge in [0.05, 0.1) is 13.5 Å². The number of carbonyl (C=O) groups excluding carboxylic acids is 2. The van der Waals surface area contributed by atoms with E-state index in [1.807, 2.05) is 0 Å². The van der Waals surface area contributed by atoms with Gasteiger partial charge in [-0.2, -0.15) is 8.42 Å². The van der Waals surface area contributed by atoms with E-state index in [1.54, 1.807) is 51.1 Å². The van der Waals surface area contributed by atoms with E-state index in [0.29, 0.717) is 6.42 Å². The average molecular weight is 450 g/mol. The van der Waals surface area contributed by atoms with Crippen LogP contribution in [0.5, 0.6) is 5.75 Å². The van der Waals surface area contributed by atoms with Crippen molar-refractivity contribution in [2.75, 3.05) is 7.11 Å². The van der Waals surface area contributed by atoms with Crippen LogP contribution in [0.2, 0.25) is 0 Å². The number of benzene rings is 2. The Morgan fingerprint density at radius 1 is 1.00 bits per heavy atom. The summed E-state index contributed by atoms with van der Waals surface area (Å²) in [6, 6.07) is 13.6. The number of carbonyl (C=O) groups is 2. The van der Waals surface area contributed by atoms with Crippen LogP contribution < -0.4 is 9.50 Å². The summed E-state index contributed by atoms with van der Waals surface area (Å²) >= 11 is 0. The van der Waals surface area contributed by atoms with Crippen LogP contribution in [0.25, 0.3) is 0 Å². The maximum absolute atomic E-state index is 12.3. The number of methoxy groups -OCH3 is 1. The van der Waals surface area contributed by atoms with E-state index in [0.717, 1.165) is 5.56 Å². The summed E-state index contributed by atoms with van der Waals surface area (Å²) in [7, 11) is -2.67. The maximum Gasteiger partial charge on any atom is 0.407 e. The molecule has 9 heteroatoms. The predicted octanol–water partition coefficient (Wildman–Crippen LogP) is 3.45. The molecule has 2 rings (SSSR count). The summed E-state index contributed by atoms with van der Waals surface area (Å²) in [6.07, 6.45) is -0.383. The van der Waals surface area contributed by atoms with Gasteiger partial charge >= 0.3 is 22.2 Å². The lowest BCUT2D eigenvalue weighted by molar-refractivity contribution is -0.141. The fourth-order valence-electron chi connectivity index (χ4n) is 2.66. The quantitative estimate of drug-likeness (QED) is 0.486. The Morgan fingerprint density at radius 2 is 1.61 bits per heavy atom. The van der Waals surface area contributed by atoms with Crippen molar-refractivity contribution in [1.82, 2.24) is 5.32 Å². The Kier molecular flexibility index (Phi) is 8.04. The molecule has 0 aliphatic carbocycles. The van der Waals surface area contributed by atoms with E-state index in [9.17, 15) is 18.0 Å². The summed E-state index contributed by atoms with van der Waals surface area (Å²) in [6.45, 7) is 5.22. The minimum absolute atomic E-state index is 0.0453. The van der Waals surface area contributed by atoms with Gasteiger partial charge in [-0.15, -0.1) is 0 Å². The minimum Gasteiger partial charge on any atom is -0.469 e. The van der Waals surface area contributed by atoms with Crippen LogP contribution in [-0.4, -0.2) is 39.2 Å². The molecular formula is C22H27NO7S. The first-order valence-electron chi connectivity index (χ1n) is 9.63. The van der Waals surface area contributed by atoms with Gasteiger partial charge < -0.3 is 19.0 Å². The third kappa shape index (κ3) is 8.29. The molecule has 0 saturated heterocycles. The van der Waals surface area contributed by atoms with Crippen LogP contribution in [0.15, 0.2) is 59.5 Å². The molecule has 0 fully saturated rings. The average Bonchev–Trinajstić information content (AvgIpc) is 2.68. The highest BCUT2D eigenvalue weighted by molar-refractivity contribution is 7.87. The lowest BCUT2D eigenvalue weighted by Crippen LogP contribution is -2.41. The van der Waals surface area contributed by atoms with Crippen molar-refractivity contribution >= 4 is 22.2 Å². The smallest absolute Gasteiger partial charge is 0.407 e. The second kappa shape index (κ2) is 10.3. The molecule has 0 heterocycles. The van der Waals surface area contributed by atoms with E-state index in [1.165, 1.54) is 31.4 Å². The fraction of sp³-hybridized carbons (Fsp3) is 0.364. The molecule has 1 N–H and O–H groups in total. The Hall–Kier alpha value is -3.07. The Bertz CT molecular complexity index is 981. The Labute approximate surface area is 182 Å². The monoisotopic (exact) mass is 449 g/mol. The summed E-state index contributed by atoms with van der Waals surface area (Å²) in [5.41, 5.74) is 0.0813. The molecule has 168 valence electrons. The number of amides is 1. The van der Waals surface area contributed by atoms with Crippen molar-refractivity contribution in [3.8, 4) is 5.75 Å². The van der Waals surface area contributed by atoms with E-state index < -0.39 is 33.8 Å². The maximum atomic E-state index is 12.3. The van der Waals surface area contributed by atoms with Crippen LogP contribution in [0.1, 0.15) is 32.8 Å². The van der Waals surface area contributed by atoms with Crippen molar-refractivity contribution in [1.29, 1.82) is 0 Å². The molecule has 0 aliphatic heterocycles. The van der Waals surface area contributed by atoms with Gasteiger partial charge in [-0.25, -0.2) is 4.79 Å². The molecule has 1 unspecified atom stereocenters. The second-order valence-electron chi connectivity index (χ2n) is 7.82. The van der Waals surface area contributed by atoms with Crippen LogP contribution in [-0.2, 0) is 30.8 Å². The third-order valence-corrected chi connectivity index (χ3v) is 5.27. The molecule has 0 aliphatic rings. The standard InChI is InChI=1S/C22H27NO7S/c1-22(2,3)29-21(25)23-17(15-20(24)28-4)14-16-10-12-18(13-11-16)30-31(26,27)19-8-6-5-7-9-19/h5-13,17H,14-15H2,1-4H3,(H,23,25). The highest BCUT2D eigenvalue weighted by atomic mass is 32.2. The first-order chi connectivity index (χ1) is 14.5. The van der Waals surface area contributed by atoms with Crippen LogP contribution in [0.4, 0.5) is 4.79 Å². The van der Waals surface area contributed by atoms with Gasteiger partial charge in [0.15, 0.2) is 0 Å². The molecule has 0 radical (unpaired) electrons. The summed E-state index contributed by atoms with van der Waals surface area (Å²) in [4.78, 5) is 23.9. The predicted molar refractivity (Wildman–Crippen MR) is 114 cm³/mol. The molecule has 2 aromatic carbocycles. The topological polar surface area (TPSA) is 108 Å². The van der Waals surface area contributed by atoms with Crippen LogP contribution in [0.3, 0.4) is 0 Å². The largest absolute Gasteiger partial charge is 0.469 e. The zero-order chi connectivity index (χ0) is 23.1. The lowest BCUT2D eigenvalue weighted by Gasteiger charge is -2.23. The van der Waals surface area contributed by atoms with E-state index in [4.69, 9.17) is 13.7 Å². The van der Waals surface area contributed by atoms with Crippen molar-refractivity contribution in [3.05, 3.63) is 60.2 Å². The van der Waals surface area contributed by atoms with Crippen LogP contribution in [0, 0.1) is 0 Å². The second-order valence-corrected chi connectivity index (χ2v) is 9.37. The number of hydrogen-bond donors (Lipinski definition) is 1. The number of ether oxygens (including phenoxy) is 2. The number of esters is 1. The SMILES string of the molecule is COC(=O)CC(Cc1ccc(OS(=O)(=O)c2ccccc2)cc1)NC(=O)OC(C)(C)C. The zero-order valence-corrected chi connectivity index (χ0v) is 18.8. The molecule has 1 atom stereocenters. The van der Waals surface area contributed by atoms with Crippen molar-refractivity contribution in [2.45, 2.75) is 50.2 Å². The first-order valence-corrected chi connectivity index (χ1v) is 11.0. The zero-order valence-electron chi connectivity index (χ0n) is 18.0. The van der Waals surface area contributed by atoms with Gasteiger partial charge in [-0.3, -0.25) is 4.79 Å². The normalized spacial score (nSPS) is 12.5. The molecule has 8 nitrogen and oxygen atoms in total. The number of nitrogens with one attached hydrogen (secondary N) is 1. The molecule has 1 amide bonds. The number of hydrogen-bond acceptors (Lipinski definition) is 7. The summed E-state index contributed by atoms with van der Waals surface area (Å²) in [5, 5.41) is 2.67. The van der Waals surface area contributed by atoms with Gasteiger partial charge in [-0.1, -0.05) is 30.3 Å². The lowest BCUT2D eigenvalue weighted by atomic mass is 10.0. The van der Waals surface area contributed by atoms with Crippen molar-refractivity contribution in [2.24, 2.45) is 0 Å². The highest BCUT2D eigenvalue weighted by Gasteiger charge is 2.22. The first kappa shape index (κ1) is 24.2. The van der Waals surface area contributed by atoms with E-state index >= 15 is 0 Å². The van der Waals surface area contributed by atoms with Gasteiger partial charge in [0.25, 0.3) is 0 Å². The van der Waals surface area contributed by atoms with Gasteiger partial charge in [0.2, 0.25) is 0 Å². The summed E-state index contributed by atoms with van der Waals surface area (Å²) < 4.78 is 39.7. The minimum atomic E-state index is -3.94. The van der Waals surface area contributed by atoms with Gasteiger partial charge in [0, 0.05) is 6.04 Å².